The van der Waals surface area contributed by atoms with Crippen LogP contribution < -0.4 is 15.9 Å². The lowest BCUT2D eigenvalue weighted by atomic mass is 10.1. The van der Waals surface area contributed by atoms with Crippen LogP contribution >= 0.6 is 7.92 Å². The maximum absolute atomic E-state index is 3.74. The maximum Gasteiger partial charge on any atom is 0.0471 e. The number of benzene rings is 6. The summed E-state index contributed by atoms with van der Waals surface area (Å²) in [5.74, 6) is 0. The quantitative estimate of drug-likeness (QED) is 0.158. The fourth-order valence-corrected chi connectivity index (χ4v) is 9.53. The number of para-hydroxylation sites is 3. The third kappa shape index (κ3) is 4.56. The van der Waals surface area contributed by atoms with E-state index in [1.807, 2.05) is 0 Å². The summed E-state index contributed by atoms with van der Waals surface area (Å²) in [4.78, 5) is 11.2. The average molecular weight is 608 g/mol. The summed E-state index contributed by atoms with van der Waals surface area (Å²) >= 11 is 0. The number of rotatable bonds is 6. The van der Waals surface area contributed by atoms with E-state index in [1.165, 1.54) is 48.8 Å². The molecule has 0 radical (unpaired) electrons. The molecule has 3 aromatic heterocycles. The number of fused-ring (bicyclic) bond motifs is 3. The topological polar surface area (TPSA) is 47.4 Å². The molecule has 218 valence electrons. The summed E-state index contributed by atoms with van der Waals surface area (Å²) < 4.78 is 0. The Morgan fingerprint density at radius 2 is 0.587 bits per heavy atom. The van der Waals surface area contributed by atoms with Crippen LogP contribution in [0.3, 0.4) is 0 Å². The molecule has 0 saturated carbocycles. The van der Waals surface area contributed by atoms with Gasteiger partial charge in [-0.15, -0.1) is 0 Å². The summed E-state index contributed by atoms with van der Waals surface area (Å²) in [6.45, 7) is 0. The zero-order valence-corrected chi connectivity index (χ0v) is 25.9. The highest BCUT2D eigenvalue weighted by atomic mass is 31.1. The van der Waals surface area contributed by atoms with Gasteiger partial charge in [0.2, 0.25) is 0 Å². The van der Waals surface area contributed by atoms with Crippen LogP contribution in [0.15, 0.2) is 164 Å². The first-order valence-electron chi connectivity index (χ1n) is 15.6. The molecule has 0 aliphatic carbocycles. The van der Waals surface area contributed by atoms with Crippen LogP contribution in [-0.2, 0) is 0 Å². The number of hydrogen-bond donors (Lipinski definition) is 3. The molecule has 3 nitrogen and oxygen atoms in total. The number of aromatic amines is 3. The largest absolute Gasteiger partial charge is 0.355 e. The van der Waals surface area contributed by atoms with Gasteiger partial charge in [-0.05, 0) is 60.2 Å². The summed E-state index contributed by atoms with van der Waals surface area (Å²) in [7, 11) is -1.03. The summed E-state index contributed by atoms with van der Waals surface area (Å²) in [5.41, 5.74) is 10.5. The first-order valence-corrected chi connectivity index (χ1v) is 17.0. The van der Waals surface area contributed by atoms with E-state index in [0.29, 0.717) is 0 Å². The van der Waals surface area contributed by atoms with Gasteiger partial charge >= 0.3 is 0 Å². The Morgan fingerprint density at radius 1 is 0.304 bits per heavy atom. The SMILES string of the molecule is c1ccc(P(c2ccccc2-c2cc3ccccc3[nH]2)c2ccccc2-c2cc3ccccc3[nH]2)c(-c2cc3ccccc3[nH]2)c1. The van der Waals surface area contributed by atoms with E-state index in [-0.39, 0.29) is 0 Å². The van der Waals surface area contributed by atoms with Crippen LogP contribution in [0.5, 0.6) is 0 Å². The van der Waals surface area contributed by atoms with Crippen molar-refractivity contribution in [2.75, 3.05) is 0 Å². The van der Waals surface area contributed by atoms with Crippen molar-refractivity contribution in [3.8, 4) is 33.8 Å². The molecule has 4 heteroatoms. The van der Waals surface area contributed by atoms with Gasteiger partial charge in [-0.1, -0.05) is 127 Å². The van der Waals surface area contributed by atoms with Gasteiger partial charge in [0.25, 0.3) is 0 Å². The summed E-state index contributed by atoms with van der Waals surface area (Å²) in [6.07, 6.45) is 0. The lowest BCUT2D eigenvalue weighted by Gasteiger charge is -2.26. The molecular formula is C42H30N3P. The van der Waals surface area contributed by atoms with E-state index in [0.717, 1.165) is 33.6 Å². The van der Waals surface area contributed by atoms with Crippen LogP contribution in [0.25, 0.3) is 66.5 Å². The molecule has 0 aliphatic heterocycles. The first kappa shape index (κ1) is 26.7. The van der Waals surface area contributed by atoms with Crippen molar-refractivity contribution < 1.29 is 0 Å². The molecule has 0 unspecified atom stereocenters. The maximum atomic E-state index is 3.74. The second kappa shape index (κ2) is 11.1. The molecule has 0 spiro atoms. The molecule has 0 saturated heterocycles. The molecule has 9 rings (SSSR count). The van der Waals surface area contributed by atoms with Crippen LogP contribution in [-0.4, -0.2) is 15.0 Å². The molecular weight excluding hydrogens is 577 g/mol. The van der Waals surface area contributed by atoms with E-state index >= 15 is 0 Å². The lowest BCUT2D eigenvalue weighted by Crippen LogP contribution is -2.25. The highest BCUT2D eigenvalue weighted by Gasteiger charge is 2.27. The molecule has 6 aromatic carbocycles. The Hall–Kier alpha value is -5.63. The smallest absolute Gasteiger partial charge is 0.0471 e. The van der Waals surface area contributed by atoms with Gasteiger partial charge in [0.1, 0.15) is 0 Å². The van der Waals surface area contributed by atoms with E-state index in [1.54, 1.807) is 0 Å². The molecule has 46 heavy (non-hydrogen) atoms. The zero-order chi connectivity index (χ0) is 30.5. The van der Waals surface area contributed by atoms with E-state index in [2.05, 4.69) is 179 Å². The minimum absolute atomic E-state index is 1.03. The van der Waals surface area contributed by atoms with Gasteiger partial charge in [0.05, 0.1) is 0 Å². The molecule has 0 fully saturated rings. The van der Waals surface area contributed by atoms with Crippen molar-refractivity contribution in [2.24, 2.45) is 0 Å². The standard InChI is InChI=1S/C42H30N3P/c1-7-19-34-28(13-1)25-37(43-34)31-16-4-10-22-40(31)46(41-23-11-5-17-32(41)38-26-29-14-2-8-20-35(29)44-38)42-24-12-6-18-33(42)39-27-30-15-3-9-21-36(30)45-39/h1-27,43-45H. The van der Waals surface area contributed by atoms with Crippen molar-refractivity contribution in [1.29, 1.82) is 0 Å². The Labute approximate surface area is 268 Å². The second-order valence-corrected chi connectivity index (χ2v) is 13.8. The Morgan fingerprint density at radius 3 is 0.913 bits per heavy atom. The molecule has 9 aromatic rings. The zero-order valence-electron chi connectivity index (χ0n) is 25.0. The molecule has 0 bridgehead atoms. The highest BCUT2D eigenvalue weighted by molar-refractivity contribution is 7.80. The molecule has 0 aliphatic rings. The fraction of sp³-hybridized carbons (Fsp3) is 0. The fourth-order valence-electron chi connectivity index (χ4n) is 6.73. The van der Waals surface area contributed by atoms with Gasteiger partial charge < -0.3 is 15.0 Å². The van der Waals surface area contributed by atoms with E-state index < -0.39 is 7.92 Å². The minimum atomic E-state index is -1.03. The lowest BCUT2D eigenvalue weighted by molar-refractivity contribution is 1.46. The predicted molar refractivity (Wildman–Crippen MR) is 197 cm³/mol. The van der Waals surface area contributed by atoms with Crippen LogP contribution in [0.4, 0.5) is 0 Å². The summed E-state index contributed by atoms with van der Waals surface area (Å²) in [6, 6.07) is 59.3. The second-order valence-electron chi connectivity index (χ2n) is 11.7. The Balaban J connectivity index is 1.32. The average Bonchev–Trinajstić information content (AvgIpc) is 3.86. The Bertz CT molecular complexity index is 2130. The third-order valence-electron chi connectivity index (χ3n) is 8.90. The van der Waals surface area contributed by atoms with Crippen molar-refractivity contribution in [3.05, 3.63) is 164 Å². The van der Waals surface area contributed by atoms with Gasteiger partial charge in [-0.25, -0.2) is 0 Å². The number of H-pyrrole nitrogens is 3. The number of nitrogens with one attached hydrogen (secondary N) is 3. The van der Waals surface area contributed by atoms with Crippen LogP contribution in [0.1, 0.15) is 0 Å². The highest BCUT2D eigenvalue weighted by Crippen LogP contribution is 2.43. The molecule has 0 amide bonds. The Kier molecular flexibility index (Phi) is 6.43. The van der Waals surface area contributed by atoms with Crippen molar-refractivity contribution >= 4 is 56.5 Å². The van der Waals surface area contributed by atoms with Crippen molar-refractivity contribution in [3.63, 3.8) is 0 Å². The molecule has 3 heterocycles. The molecule has 0 atom stereocenters. The van der Waals surface area contributed by atoms with Crippen molar-refractivity contribution in [1.82, 2.24) is 15.0 Å². The predicted octanol–water partition coefficient (Wildman–Crippen LogP) is 9.89. The van der Waals surface area contributed by atoms with E-state index in [9.17, 15) is 0 Å². The number of hydrogen-bond acceptors (Lipinski definition) is 0. The molecule has 3 N–H and O–H groups in total. The van der Waals surface area contributed by atoms with Gasteiger partial charge in [-0.2, -0.15) is 0 Å². The van der Waals surface area contributed by atoms with Gasteiger partial charge in [-0.3, -0.25) is 0 Å². The van der Waals surface area contributed by atoms with Crippen LogP contribution in [0.2, 0.25) is 0 Å². The summed E-state index contributed by atoms with van der Waals surface area (Å²) in [5, 5.41) is 7.60. The first-order chi connectivity index (χ1) is 22.8. The van der Waals surface area contributed by atoms with Crippen LogP contribution in [0, 0.1) is 0 Å². The van der Waals surface area contributed by atoms with Crippen molar-refractivity contribution in [2.45, 2.75) is 0 Å². The van der Waals surface area contributed by atoms with E-state index in [4.69, 9.17) is 0 Å². The monoisotopic (exact) mass is 607 g/mol. The van der Waals surface area contributed by atoms with Gasteiger partial charge in [0, 0.05) is 66.5 Å². The van der Waals surface area contributed by atoms with Gasteiger partial charge in [0.15, 0.2) is 0 Å². The number of aromatic nitrogens is 3. The third-order valence-corrected chi connectivity index (χ3v) is 11.5. The minimum Gasteiger partial charge on any atom is -0.355 e. The normalized spacial score (nSPS) is 11.7.